The maximum atomic E-state index is 12.6. The molecule has 1 aliphatic carbocycles. The van der Waals surface area contributed by atoms with E-state index < -0.39 is 0 Å². The molecule has 0 heterocycles. The first kappa shape index (κ1) is 15.8. The third-order valence-corrected chi connectivity index (χ3v) is 4.55. The SMILES string of the molecule is NCC(NC(=O)c1ccccc1CCc1ccccc1)C1CC1. The van der Waals surface area contributed by atoms with Gasteiger partial charge in [-0.25, -0.2) is 0 Å². The van der Waals surface area contributed by atoms with E-state index in [0.717, 1.165) is 24.0 Å². The number of amides is 1. The van der Waals surface area contributed by atoms with Crippen molar-refractivity contribution in [3.05, 3.63) is 71.3 Å². The van der Waals surface area contributed by atoms with Gasteiger partial charge in [0, 0.05) is 18.2 Å². The minimum absolute atomic E-state index is 0.0102. The number of carbonyl (C=O) groups is 1. The van der Waals surface area contributed by atoms with Crippen LogP contribution in [0, 0.1) is 5.92 Å². The van der Waals surface area contributed by atoms with E-state index >= 15 is 0 Å². The highest BCUT2D eigenvalue weighted by Crippen LogP contribution is 2.32. The van der Waals surface area contributed by atoms with Crippen LogP contribution < -0.4 is 11.1 Å². The lowest BCUT2D eigenvalue weighted by atomic mass is 9.99. The lowest BCUT2D eigenvalue weighted by Gasteiger charge is -2.17. The fraction of sp³-hybridized carbons (Fsp3) is 0.350. The molecule has 0 spiro atoms. The van der Waals surface area contributed by atoms with E-state index in [4.69, 9.17) is 5.73 Å². The number of aryl methyl sites for hydroxylation is 2. The van der Waals surface area contributed by atoms with E-state index in [-0.39, 0.29) is 11.9 Å². The minimum atomic E-state index is 0.0102. The highest BCUT2D eigenvalue weighted by Gasteiger charge is 2.31. The molecule has 1 atom stereocenters. The zero-order valence-corrected chi connectivity index (χ0v) is 13.4. The molecule has 0 saturated heterocycles. The van der Waals surface area contributed by atoms with Crippen LogP contribution in [0.25, 0.3) is 0 Å². The number of hydrogen-bond donors (Lipinski definition) is 2. The van der Waals surface area contributed by atoms with E-state index in [1.54, 1.807) is 0 Å². The first-order valence-corrected chi connectivity index (χ1v) is 8.40. The largest absolute Gasteiger partial charge is 0.348 e. The number of rotatable bonds is 7. The zero-order valence-electron chi connectivity index (χ0n) is 13.4. The van der Waals surface area contributed by atoms with Crippen molar-refractivity contribution < 1.29 is 4.79 Å². The highest BCUT2D eigenvalue weighted by molar-refractivity contribution is 5.95. The van der Waals surface area contributed by atoms with Crippen LogP contribution in [-0.4, -0.2) is 18.5 Å². The van der Waals surface area contributed by atoms with E-state index in [9.17, 15) is 4.79 Å². The number of nitrogens with one attached hydrogen (secondary N) is 1. The summed E-state index contributed by atoms with van der Waals surface area (Å²) in [4.78, 5) is 12.6. The van der Waals surface area contributed by atoms with Crippen LogP contribution in [0.5, 0.6) is 0 Å². The molecule has 0 aromatic heterocycles. The van der Waals surface area contributed by atoms with Gasteiger partial charge in [0.05, 0.1) is 0 Å². The topological polar surface area (TPSA) is 55.1 Å². The van der Waals surface area contributed by atoms with E-state index in [0.29, 0.717) is 12.5 Å². The van der Waals surface area contributed by atoms with E-state index in [2.05, 4.69) is 29.6 Å². The van der Waals surface area contributed by atoms with Crippen LogP contribution in [0.4, 0.5) is 0 Å². The Kier molecular flexibility index (Phi) is 5.09. The molecular formula is C20H24N2O. The molecule has 1 unspecified atom stereocenters. The van der Waals surface area contributed by atoms with Crippen LogP contribution in [-0.2, 0) is 12.8 Å². The maximum absolute atomic E-state index is 12.6. The fourth-order valence-corrected chi connectivity index (χ4v) is 3.00. The van der Waals surface area contributed by atoms with Gasteiger partial charge in [-0.3, -0.25) is 4.79 Å². The number of benzene rings is 2. The molecule has 3 rings (SSSR count). The summed E-state index contributed by atoms with van der Waals surface area (Å²) >= 11 is 0. The normalized spacial score (nSPS) is 15.2. The molecule has 3 heteroatoms. The first-order chi connectivity index (χ1) is 11.3. The van der Waals surface area contributed by atoms with Crippen molar-refractivity contribution in [2.75, 3.05) is 6.54 Å². The van der Waals surface area contributed by atoms with Crippen molar-refractivity contribution in [2.45, 2.75) is 31.7 Å². The van der Waals surface area contributed by atoms with Gasteiger partial charge in [0.15, 0.2) is 0 Å². The molecule has 23 heavy (non-hydrogen) atoms. The fourth-order valence-electron chi connectivity index (χ4n) is 3.00. The van der Waals surface area contributed by atoms with Crippen molar-refractivity contribution >= 4 is 5.91 Å². The Morgan fingerprint density at radius 2 is 1.74 bits per heavy atom. The van der Waals surface area contributed by atoms with Crippen LogP contribution in [0.1, 0.15) is 34.3 Å². The molecule has 1 amide bonds. The van der Waals surface area contributed by atoms with Crippen LogP contribution >= 0.6 is 0 Å². The van der Waals surface area contributed by atoms with Gasteiger partial charge in [0.25, 0.3) is 5.91 Å². The molecule has 2 aromatic rings. The number of carbonyl (C=O) groups excluding carboxylic acids is 1. The van der Waals surface area contributed by atoms with E-state index in [1.165, 1.54) is 18.4 Å². The van der Waals surface area contributed by atoms with E-state index in [1.807, 2.05) is 30.3 Å². The van der Waals surface area contributed by atoms with Gasteiger partial charge in [0.1, 0.15) is 0 Å². The Hall–Kier alpha value is -2.13. The van der Waals surface area contributed by atoms with Gasteiger partial charge in [-0.15, -0.1) is 0 Å². The monoisotopic (exact) mass is 308 g/mol. The van der Waals surface area contributed by atoms with Gasteiger partial charge in [-0.1, -0.05) is 48.5 Å². The lowest BCUT2D eigenvalue weighted by molar-refractivity contribution is 0.0932. The Morgan fingerprint density at radius 1 is 1.04 bits per heavy atom. The average molecular weight is 308 g/mol. The molecule has 0 radical (unpaired) electrons. The Balaban J connectivity index is 1.68. The molecule has 0 bridgehead atoms. The van der Waals surface area contributed by atoms with Gasteiger partial charge < -0.3 is 11.1 Å². The molecular weight excluding hydrogens is 284 g/mol. The second kappa shape index (κ2) is 7.42. The zero-order chi connectivity index (χ0) is 16.1. The van der Waals surface area contributed by atoms with Crippen molar-refractivity contribution in [3.63, 3.8) is 0 Å². The number of nitrogens with two attached hydrogens (primary N) is 1. The van der Waals surface area contributed by atoms with Gasteiger partial charge in [0.2, 0.25) is 0 Å². The molecule has 3 N–H and O–H groups in total. The van der Waals surface area contributed by atoms with Gasteiger partial charge >= 0.3 is 0 Å². The quantitative estimate of drug-likeness (QED) is 0.826. The van der Waals surface area contributed by atoms with Gasteiger partial charge in [-0.2, -0.15) is 0 Å². The molecule has 0 aliphatic heterocycles. The van der Waals surface area contributed by atoms with Crippen molar-refractivity contribution in [2.24, 2.45) is 11.7 Å². The lowest BCUT2D eigenvalue weighted by Crippen LogP contribution is -2.42. The predicted molar refractivity (Wildman–Crippen MR) is 93.3 cm³/mol. The first-order valence-electron chi connectivity index (χ1n) is 8.40. The van der Waals surface area contributed by atoms with Crippen LogP contribution in [0.15, 0.2) is 54.6 Å². The third-order valence-electron chi connectivity index (χ3n) is 4.55. The summed E-state index contributed by atoms with van der Waals surface area (Å²) in [6, 6.07) is 18.4. The van der Waals surface area contributed by atoms with Crippen molar-refractivity contribution in [1.29, 1.82) is 0 Å². The maximum Gasteiger partial charge on any atom is 0.251 e. The van der Waals surface area contributed by atoms with Crippen molar-refractivity contribution in [1.82, 2.24) is 5.32 Å². The average Bonchev–Trinajstić information content (AvgIpc) is 3.44. The van der Waals surface area contributed by atoms with Crippen molar-refractivity contribution in [3.8, 4) is 0 Å². The second-order valence-electron chi connectivity index (χ2n) is 6.30. The molecule has 120 valence electrons. The smallest absolute Gasteiger partial charge is 0.251 e. The third kappa shape index (κ3) is 4.20. The Labute approximate surface area is 137 Å². The Bertz CT molecular complexity index is 650. The summed E-state index contributed by atoms with van der Waals surface area (Å²) < 4.78 is 0. The summed E-state index contributed by atoms with van der Waals surface area (Å²) in [5.74, 6) is 0.580. The van der Waals surface area contributed by atoms with Gasteiger partial charge in [-0.05, 0) is 48.8 Å². The molecule has 2 aromatic carbocycles. The molecule has 1 aliphatic rings. The highest BCUT2D eigenvalue weighted by atomic mass is 16.1. The predicted octanol–water partition coefficient (Wildman–Crippen LogP) is 2.94. The summed E-state index contributed by atoms with van der Waals surface area (Å²) in [6.45, 7) is 0.516. The summed E-state index contributed by atoms with van der Waals surface area (Å²) in [7, 11) is 0. The molecule has 1 saturated carbocycles. The summed E-state index contributed by atoms with van der Waals surface area (Å²) in [5.41, 5.74) is 8.97. The molecule has 3 nitrogen and oxygen atoms in total. The second-order valence-corrected chi connectivity index (χ2v) is 6.30. The minimum Gasteiger partial charge on any atom is -0.348 e. The van der Waals surface area contributed by atoms with Crippen LogP contribution in [0.3, 0.4) is 0 Å². The van der Waals surface area contributed by atoms with Crippen LogP contribution in [0.2, 0.25) is 0 Å². The summed E-state index contributed by atoms with van der Waals surface area (Å²) in [6.07, 6.45) is 4.16. The Morgan fingerprint density at radius 3 is 2.43 bits per heavy atom. The molecule has 1 fully saturated rings. The number of hydrogen-bond acceptors (Lipinski definition) is 2. The standard InChI is InChI=1S/C20H24N2O/c21-14-19(17-12-13-17)22-20(23)18-9-5-4-8-16(18)11-10-15-6-2-1-3-7-15/h1-9,17,19H,10-14,21H2,(H,22,23). The summed E-state index contributed by atoms with van der Waals surface area (Å²) in [5, 5.41) is 3.12.